The molecule has 0 radical (unpaired) electrons. The number of thiophene rings is 1. The van der Waals surface area contributed by atoms with Crippen molar-refractivity contribution < 1.29 is 9.53 Å². The molecule has 0 aromatic carbocycles. The predicted molar refractivity (Wildman–Crippen MR) is 79.5 cm³/mol. The van der Waals surface area contributed by atoms with Crippen molar-refractivity contribution in [1.82, 2.24) is 0 Å². The fraction of sp³-hybridized carbons (Fsp3) is 0.500. The quantitative estimate of drug-likeness (QED) is 0.852. The van der Waals surface area contributed by atoms with Crippen molar-refractivity contribution in [2.24, 2.45) is 10.7 Å². The molecule has 1 aliphatic carbocycles. The van der Waals surface area contributed by atoms with Gasteiger partial charge in [-0.2, -0.15) is 0 Å². The minimum absolute atomic E-state index is 0.0490. The molecule has 0 saturated heterocycles. The smallest absolute Gasteiger partial charge is 0.348 e. The SMILES string of the molecule is COC(=O)c1cc(Cl)c(C2CSC3(CC3)C(N)=N2)s1. The van der Waals surface area contributed by atoms with Gasteiger partial charge < -0.3 is 10.5 Å². The molecule has 0 amide bonds. The van der Waals surface area contributed by atoms with Crippen LogP contribution in [0.25, 0.3) is 0 Å². The highest BCUT2D eigenvalue weighted by Gasteiger charge is 2.50. The fourth-order valence-electron chi connectivity index (χ4n) is 2.09. The Labute approximate surface area is 124 Å². The van der Waals surface area contributed by atoms with Crippen LogP contribution in [0.4, 0.5) is 0 Å². The summed E-state index contributed by atoms with van der Waals surface area (Å²) in [4.78, 5) is 17.5. The Bertz CT molecular complexity index is 566. The Morgan fingerprint density at radius 2 is 2.37 bits per heavy atom. The number of thioether (sulfide) groups is 1. The van der Waals surface area contributed by atoms with E-state index in [1.807, 2.05) is 11.8 Å². The van der Waals surface area contributed by atoms with Crippen molar-refractivity contribution in [3.05, 3.63) is 20.8 Å². The minimum atomic E-state index is -0.364. The molecule has 4 nitrogen and oxygen atoms in total. The van der Waals surface area contributed by atoms with E-state index >= 15 is 0 Å². The molecular weight excluding hydrogens is 304 g/mol. The molecule has 102 valence electrons. The number of hydrogen-bond donors (Lipinski definition) is 1. The van der Waals surface area contributed by atoms with Crippen LogP contribution in [-0.4, -0.2) is 29.4 Å². The van der Waals surface area contributed by atoms with Crippen molar-refractivity contribution in [3.8, 4) is 0 Å². The van der Waals surface area contributed by atoms with E-state index in [0.717, 1.165) is 29.3 Å². The van der Waals surface area contributed by atoms with E-state index in [-0.39, 0.29) is 16.8 Å². The molecule has 3 rings (SSSR count). The summed E-state index contributed by atoms with van der Waals surface area (Å²) in [5, 5.41) is 0.569. The molecule has 1 unspecified atom stereocenters. The molecule has 1 aromatic heterocycles. The highest BCUT2D eigenvalue weighted by molar-refractivity contribution is 8.01. The van der Waals surface area contributed by atoms with E-state index < -0.39 is 0 Å². The third-order valence-corrected chi connectivity index (χ3v) is 6.68. The number of aliphatic imine (C=N–C) groups is 1. The lowest BCUT2D eigenvalue weighted by molar-refractivity contribution is 0.0606. The lowest BCUT2D eigenvalue weighted by Gasteiger charge is -2.24. The first kappa shape index (κ1) is 13.3. The van der Waals surface area contributed by atoms with Gasteiger partial charge in [-0.3, -0.25) is 4.99 Å². The van der Waals surface area contributed by atoms with Crippen LogP contribution >= 0.6 is 34.7 Å². The Hall–Kier alpha value is -0.720. The Balaban J connectivity index is 1.89. The number of carbonyl (C=O) groups is 1. The van der Waals surface area contributed by atoms with Crippen LogP contribution < -0.4 is 5.73 Å². The number of esters is 1. The largest absolute Gasteiger partial charge is 0.465 e. The Morgan fingerprint density at radius 1 is 1.63 bits per heavy atom. The molecule has 1 fully saturated rings. The Kier molecular flexibility index (Phi) is 3.27. The van der Waals surface area contributed by atoms with Gasteiger partial charge in [-0.1, -0.05) is 11.6 Å². The van der Waals surface area contributed by atoms with Gasteiger partial charge in [0.15, 0.2) is 0 Å². The van der Waals surface area contributed by atoms with Crippen molar-refractivity contribution in [1.29, 1.82) is 0 Å². The van der Waals surface area contributed by atoms with Gasteiger partial charge in [0, 0.05) is 10.6 Å². The second kappa shape index (κ2) is 4.68. The average molecular weight is 317 g/mol. The van der Waals surface area contributed by atoms with E-state index in [9.17, 15) is 4.79 Å². The third kappa shape index (κ3) is 2.26. The van der Waals surface area contributed by atoms with Crippen LogP contribution in [0.3, 0.4) is 0 Å². The van der Waals surface area contributed by atoms with Gasteiger partial charge in [0.05, 0.1) is 22.9 Å². The van der Waals surface area contributed by atoms with E-state index in [4.69, 9.17) is 22.1 Å². The lowest BCUT2D eigenvalue weighted by atomic mass is 10.2. The normalized spacial score (nSPS) is 24.1. The molecule has 2 N–H and O–H groups in total. The maximum atomic E-state index is 11.5. The molecule has 1 spiro atoms. The fourth-order valence-corrected chi connectivity index (χ4v) is 4.93. The summed E-state index contributed by atoms with van der Waals surface area (Å²) >= 11 is 9.39. The molecule has 19 heavy (non-hydrogen) atoms. The summed E-state index contributed by atoms with van der Waals surface area (Å²) in [5.74, 6) is 1.22. The first-order valence-corrected chi connectivity index (χ1v) is 8.09. The zero-order valence-electron chi connectivity index (χ0n) is 10.3. The number of nitrogens with zero attached hydrogens (tertiary/aromatic N) is 1. The van der Waals surface area contributed by atoms with Crippen molar-refractivity contribution in [2.75, 3.05) is 12.9 Å². The lowest BCUT2D eigenvalue weighted by Crippen LogP contribution is -2.33. The van der Waals surface area contributed by atoms with Crippen LogP contribution in [-0.2, 0) is 4.74 Å². The van der Waals surface area contributed by atoms with Crippen molar-refractivity contribution in [2.45, 2.75) is 23.6 Å². The van der Waals surface area contributed by atoms with E-state index in [2.05, 4.69) is 4.99 Å². The van der Waals surface area contributed by atoms with Gasteiger partial charge in [0.2, 0.25) is 0 Å². The molecule has 0 bridgehead atoms. The number of methoxy groups -OCH3 is 1. The van der Waals surface area contributed by atoms with Gasteiger partial charge in [-0.05, 0) is 18.9 Å². The zero-order valence-corrected chi connectivity index (χ0v) is 12.7. The number of ether oxygens (including phenoxy) is 1. The molecular formula is C12H13ClN2O2S2. The topological polar surface area (TPSA) is 64.7 Å². The van der Waals surface area contributed by atoms with Gasteiger partial charge in [0.25, 0.3) is 0 Å². The summed E-state index contributed by atoms with van der Waals surface area (Å²) in [6.07, 6.45) is 2.23. The summed E-state index contributed by atoms with van der Waals surface area (Å²) in [7, 11) is 1.36. The summed E-state index contributed by atoms with van der Waals surface area (Å²) in [6, 6.07) is 1.60. The van der Waals surface area contributed by atoms with Crippen LogP contribution in [0.15, 0.2) is 11.1 Å². The zero-order chi connectivity index (χ0) is 13.6. The Morgan fingerprint density at radius 3 is 2.95 bits per heavy atom. The number of amidine groups is 1. The summed E-state index contributed by atoms with van der Waals surface area (Å²) in [6.45, 7) is 0. The van der Waals surface area contributed by atoms with Crippen molar-refractivity contribution >= 4 is 46.5 Å². The first-order chi connectivity index (χ1) is 9.05. The molecule has 7 heteroatoms. The van der Waals surface area contributed by atoms with E-state index in [1.165, 1.54) is 18.4 Å². The van der Waals surface area contributed by atoms with Gasteiger partial charge in [0.1, 0.15) is 10.7 Å². The van der Waals surface area contributed by atoms with Crippen LogP contribution in [0.5, 0.6) is 0 Å². The molecule has 1 aliphatic heterocycles. The van der Waals surface area contributed by atoms with Gasteiger partial charge in [-0.15, -0.1) is 23.1 Å². The predicted octanol–water partition coefficient (Wildman–Crippen LogP) is 2.87. The molecule has 1 aromatic rings. The van der Waals surface area contributed by atoms with E-state index in [0.29, 0.717) is 9.90 Å². The molecule has 2 heterocycles. The number of halogens is 1. The summed E-state index contributed by atoms with van der Waals surface area (Å²) in [5.41, 5.74) is 6.04. The standard InChI is InChI=1S/C12H13ClN2O2S2/c1-17-10(16)8-4-6(13)9(19-8)7-5-18-12(2-3-12)11(14)15-7/h4,7H,2-3,5H2,1H3,(H2,14,15). The minimum Gasteiger partial charge on any atom is -0.465 e. The average Bonchev–Trinajstić information content (AvgIpc) is 3.08. The third-order valence-electron chi connectivity index (χ3n) is 3.39. The second-order valence-corrected chi connectivity index (χ2v) is 7.54. The number of nitrogens with two attached hydrogens (primary N) is 1. The number of hydrogen-bond acceptors (Lipinski definition) is 6. The van der Waals surface area contributed by atoms with E-state index in [1.54, 1.807) is 6.07 Å². The number of rotatable bonds is 2. The monoisotopic (exact) mass is 316 g/mol. The van der Waals surface area contributed by atoms with Crippen LogP contribution in [0.2, 0.25) is 5.02 Å². The van der Waals surface area contributed by atoms with Crippen LogP contribution in [0, 0.1) is 0 Å². The van der Waals surface area contributed by atoms with Gasteiger partial charge in [-0.25, -0.2) is 4.79 Å². The van der Waals surface area contributed by atoms with Crippen molar-refractivity contribution in [3.63, 3.8) is 0 Å². The highest BCUT2D eigenvalue weighted by atomic mass is 35.5. The maximum absolute atomic E-state index is 11.5. The maximum Gasteiger partial charge on any atom is 0.348 e. The second-order valence-electron chi connectivity index (χ2n) is 4.65. The summed E-state index contributed by atoms with van der Waals surface area (Å²) < 4.78 is 4.81. The van der Waals surface area contributed by atoms with Gasteiger partial charge >= 0.3 is 5.97 Å². The molecule has 2 aliphatic rings. The number of carbonyl (C=O) groups excluding carboxylic acids is 1. The molecule has 1 atom stereocenters. The molecule has 1 saturated carbocycles. The first-order valence-electron chi connectivity index (χ1n) is 5.91. The van der Waals surface area contributed by atoms with Crippen LogP contribution in [0.1, 0.15) is 33.4 Å². The highest BCUT2D eigenvalue weighted by Crippen LogP contribution is 2.53.